The van der Waals surface area contributed by atoms with Gasteiger partial charge in [0.1, 0.15) is 0 Å². The van der Waals surface area contributed by atoms with E-state index in [0.717, 1.165) is 5.92 Å². The van der Waals surface area contributed by atoms with Crippen LogP contribution >= 0.6 is 0 Å². The number of rotatable bonds is 1. The van der Waals surface area contributed by atoms with E-state index in [4.69, 9.17) is 0 Å². The summed E-state index contributed by atoms with van der Waals surface area (Å²) in [5.41, 5.74) is 1.57. The molecule has 0 fully saturated rings. The smallest absolute Gasteiger partial charge is 0.0196 e. The largest absolute Gasteiger partial charge is 0.0914 e. The summed E-state index contributed by atoms with van der Waals surface area (Å²) in [5.74, 6) is 0.827. The van der Waals surface area contributed by atoms with Gasteiger partial charge in [-0.2, -0.15) is 0 Å². The van der Waals surface area contributed by atoms with Crippen molar-refractivity contribution in [1.82, 2.24) is 0 Å². The highest BCUT2D eigenvalue weighted by Crippen LogP contribution is 2.23. The van der Waals surface area contributed by atoms with Crippen LogP contribution in [0.4, 0.5) is 0 Å². The average molecular weight is 136 g/mol. The first-order valence-corrected chi connectivity index (χ1v) is 4.11. The van der Waals surface area contributed by atoms with Crippen molar-refractivity contribution in [2.45, 2.75) is 33.1 Å². The second-order valence-corrected chi connectivity index (χ2v) is 3.11. The lowest BCUT2D eigenvalue weighted by Crippen LogP contribution is -2.00. The van der Waals surface area contributed by atoms with Crippen LogP contribution in [0, 0.1) is 5.92 Å². The minimum atomic E-state index is 0.827. The normalized spacial score (nSPS) is 27.0. The third-order valence-corrected chi connectivity index (χ3v) is 2.14. The molecule has 0 N–H and O–H groups in total. The Morgan fingerprint density at radius 2 is 2.40 bits per heavy atom. The molecule has 0 heterocycles. The van der Waals surface area contributed by atoms with E-state index in [-0.39, 0.29) is 0 Å². The molecule has 0 saturated carbocycles. The molecule has 0 radical (unpaired) electrons. The van der Waals surface area contributed by atoms with Crippen molar-refractivity contribution in [2.24, 2.45) is 5.92 Å². The van der Waals surface area contributed by atoms with Gasteiger partial charge in [0.15, 0.2) is 0 Å². The van der Waals surface area contributed by atoms with Crippen molar-refractivity contribution >= 4 is 0 Å². The quantitative estimate of drug-likeness (QED) is 0.485. The fourth-order valence-corrected chi connectivity index (χ4v) is 1.43. The Labute approximate surface area is 63.6 Å². The van der Waals surface area contributed by atoms with E-state index < -0.39 is 0 Å². The third-order valence-electron chi connectivity index (χ3n) is 2.14. The van der Waals surface area contributed by atoms with Crippen molar-refractivity contribution in [3.05, 3.63) is 23.8 Å². The summed E-state index contributed by atoms with van der Waals surface area (Å²) in [4.78, 5) is 0. The van der Waals surface area contributed by atoms with Crippen molar-refractivity contribution in [2.75, 3.05) is 0 Å². The van der Waals surface area contributed by atoms with E-state index in [9.17, 15) is 0 Å². The molecule has 1 aliphatic rings. The van der Waals surface area contributed by atoms with E-state index in [0.29, 0.717) is 0 Å². The summed E-state index contributed by atoms with van der Waals surface area (Å²) in [7, 11) is 0. The van der Waals surface area contributed by atoms with Crippen molar-refractivity contribution in [3.63, 3.8) is 0 Å². The lowest BCUT2D eigenvalue weighted by atomic mass is 9.90. The molecule has 0 saturated heterocycles. The summed E-state index contributed by atoms with van der Waals surface area (Å²) in [6.07, 6.45) is 10.8. The maximum absolute atomic E-state index is 2.37. The lowest BCUT2D eigenvalue weighted by molar-refractivity contribution is 0.567. The van der Waals surface area contributed by atoms with Crippen LogP contribution in [0.2, 0.25) is 0 Å². The molecule has 1 rings (SSSR count). The van der Waals surface area contributed by atoms with E-state index in [2.05, 4.69) is 32.1 Å². The first kappa shape index (κ1) is 7.59. The Kier molecular flexibility index (Phi) is 2.73. The van der Waals surface area contributed by atoms with Gasteiger partial charge in [0.25, 0.3) is 0 Å². The molecule has 0 aromatic heterocycles. The van der Waals surface area contributed by atoms with Crippen LogP contribution < -0.4 is 0 Å². The number of hydrogen-bond acceptors (Lipinski definition) is 0. The molecule has 0 aromatic carbocycles. The minimum absolute atomic E-state index is 0.827. The van der Waals surface area contributed by atoms with E-state index in [1.807, 2.05) is 0 Å². The van der Waals surface area contributed by atoms with Gasteiger partial charge in [-0.3, -0.25) is 0 Å². The second-order valence-electron chi connectivity index (χ2n) is 3.11. The first-order chi connectivity index (χ1) is 4.83. The van der Waals surface area contributed by atoms with Gasteiger partial charge in [-0.15, -0.1) is 0 Å². The number of allylic oxidation sites excluding steroid dienone is 4. The molecule has 1 atom stereocenters. The second kappa shape index (κ2) is 3.60. The van der Waals surface area contributed by atoms with E-state index in [1.165, 1.54) is 19.3 Å². The molecule has 0 aliphatic heterocycles. The molecule has 1 aliphatic carbocycles. The molecule has 0 bridgehead atoms. The van der Waals surface area contributed by atoms with E-state index in [1.54, 1.807) is 5.57 Å². The summed E-state index contributed by atoms with van der Waals surface area (Å²) >= 11 is 0. The minimum Gasteiger partial charge on any atom is -0.0914 e. The van der Waals surface area contributed by atoms with Crippen LogP contribution in [-0.2, 0) is 0 Å². The predicted octanol–water partition coefficient (Wildman–Crippen LogP) is 3.31. The fourth-order valence-electron chi connectivity index (χ4n) is 1.43. The van der Waals surface area contributed by atoms with Crippen LogP contribution in [-0.4, -0.2) is 0 Å². The van der Waals surface area contributed by atoms with Crippen LogP contribution in [0.1, 0.15) is 33.1 Å². The third kappa shape index (κ3) is 2.02. The monoisotopic (exact) mass is 136 g/mol. The molecule has 0 heteroatoms. The molecule has 56 valence electrons. The van der Waals surface area contributed by atoms with Crippen LogP contribution in [0.25, 0.3) is 0 Å². The topological polar surface area (TPSA) is 0 Å². The van der Waals surface area contributed by atoms with Crippen molar-refractivity contribution in [1.29, 1.82) is 0 Å². The van der Waals surface area contributed by atoms with E-state index >= 15 is 0 Å². The Bertz CT molecular complexity index is 151. The molecule has 0 aromatic rings. The molecular formula is C10H16. The maximum atomic E-state index is 2.37. The predicted molar refractivity (Wildman–Crippen MR) is 45.9 cm³/mol. The fraction of sp³-hybridized carbons (Fsp3) is 0.600. The zero-order valence-electron chi connectivity index (χ0n) is 6.93. The molecule has 0 nitrogen and oxygen atoms in total. The molecule has 0 spiro atoms. The van der Waals surface area contributed by atoms with Gasteiger partial charge < -0.3 is 0 Å². The highest BCUT2D eigenvalue weighted by molar-refractivity contribution is 5.06. The zero-order valence-corrected chi connectivity index (χ0v) is 6.93. The van der Waals surface area contributed by atoms with Crippen LogP contribution in [0.5, 0.6) is 0 Å². The molecule has 0 unspecified atom stereocenters. The van der Waals surface area contributed by atoms with Crippen molar-refractivity contribution in [3.8, 4) is 0 Å². The Balaban J connectivity index is 2.42. The Hall–Kier alpha value is -0.520. The first-order valence-electron chi connectivity index (χ1n) is 4.11. The van der Waals surface area contributed by atoms with Gasteiger partial charge in [0, 0.05) is 0 Å². The van der Waals surface area contributed by atoms with Gasteiger partial charge in [-0.25, -0.2) is 0 Å². The molecule has 10 heavy (non-hydrogen) atoms. The van der Waals surface area contributed by atoms with Gasteiger partial charge >= 0.3 is 0 Å². The summed E-state index contributed by atoms with van der Waals surface area (Å²) in [6.45, 7) is 4.33. The van der Waals surface area contributed by atoms with Crippen molar-refractivity contribution < 1.29 is 0 Å². The SMILES string of the molecule is CC=C[C@@H]1CC=C(C)CC1. The van der Waals surface area contributed by atoms with Gasteiger partial charge in [-0.1, -0.05) is 23.8 Å². The molecule has 0 amide bonds. The average Bonchev–Trinajstić information content (AvgIpc) is 1.95. The van der Waals surface area contributed by atoms with Gasteiger partial charge in [0.05, 0.1) is 0 Å². The standard InChI is InChI=1S/C10H16/c1-3-4-10-7-5-9(2)6-8-10/h3-5,10H,6-8H2,1-2H3/t10-/m1/s1. The Morgan fingerprint density at radius 1 is 1.60 bits per heavy atom. The zero-order chi connectivity index (χ0) is 7.40. The number of hydrogen-bond donors (Lipinski definition) is 0. The maximum Gasteiger partial charge on any atom is -0.0196 e. The van der Waals surface area contributed by atoms with Gasteiger partial charge in [-0.05, 0) is 39.0 Å². The highest BCUT2D eigenvalue weighted by Gasteiger charge is 2.07. The molecular weight excluding hydrogens is 120 g/mol. The highest BCUT2D eigenvalue weighted by atomic mass is 14.1. The van der Waals surface area contributed by atoms with Crippen LogP contribution in [0.15, 0.2) is 23.8 Å². The summed E-state index contributed by atoms with van der Waals surface area (Å²) in [6, 6.07) is 0. The Morgan fingerprint density at radius 3 is 2.90 bits per heavy atom. The van der Waals surface area contributed by atoms with Gasteiger partial charge in [0.2, 0.25) is 0 Å². The summed E-state index contributed by atoms with van der Waals surface area (Å²) in [5, 5.41) is 0. The van der Waals surface area contributed by atoms with Crippen LogP contribution in [0.3, 0.4) is 0 Å². The lowest BCUT2D eigenvalue weighted by Gasteiger charge is -2.16. The summed E-state index contributed by atoms with van der Waals surface area (Å²) < 4.78 is 0.